The van der Waals surface area contributed by atoms with Gasteiger partial charge in [0.05, 0.1) is 0 Å². The van der Waals surface area contributed by atoms with Crippen molar-refractivity contribution >= 4 is 5.96 Å². The van der Waals surface area contributed by atoms with Crippen molar-refractivity contribution in [1.29, 1.82) is 0 Å². The number of aliphatic imine (C=N–C) groups is 1. The molecule has 2 atom stereocenters. The maximum atomic E-state index is 5.81. The van der Waals surface area contributed by atoms with Gasteiger partial charge < -0.3 is 20.1 Å². The number of guanidine groups is 1. The molecule has 0 amide bonds. The van der Waals surface area contributed by atoms with Crippen molar-refractivity contribution in [3.05, 3.63) is 0 Å². The van der Waals surface area contributed by atoms with E-state index in [4.69, 9.17) is 9.47 Å². The Hall–Kier alpha value is -0.810. The molecular formula is C19H37N3O2. The second-order valence-electron chi connectivity index (χ2n) is 7.74. The lowest BCUT2D eigenvalue weighted by Crippen LogP contribution is -2.46. The summed E-state index contributed by atoms with van der Waals surface area (Å²) in [5.41, 5.74) is 0. The Morgan fingerprint density at radius 3 is 2.50 bits per heavy atom. The average molecular weight is 340 g/mol. The molecule has 2 unspecified atom stereocenters. The highest BCUT2D eigenvalue weighted by Crippen LogP contribution is 2.28. The third-order valence-electron chi connectivity index (χ3n) is 5.20. The van der Waals surface area contributed by atoms with Crippen molar-refractivity contribution in [1.82, 2.24) is 10.6 Å². The van der Waals surface area contributed by atoms with Gasteiger partial charge in [0, 0.05) is 46.1 Å². The van der Waals surface area contributed by atoms with Gasteiger partial charge in [-0.2, -0.15) is 0 Å². The smallest absolute Gasteiger partial charge is 0.191 e. The lowest BCUT2D eigenvalue weighted by molar-refractivity contribution is 0.0203. The van der Waals surface area contributed by atoms with Crippen LogP contribution >= 0.6 is 0 Å². The minimum atomic E-state index is 0.555. The van der Waals surface area contributed by atoms with E-state index in [1.165, 1.54) is 19.3 Å². The van der Waals surface area contributed by atoms with Crippen LogP contribution in [0.2, 0.25) is 0 Å². The van der Waals surface area contributed by atoms with Gasteiger partial charge >= 0.3 is 0 Å². The first kappa shape index (κ1) is 19.5. The van der Waals surface area contributed by atoms with E-state index < -0.39 is 0 Å². The molecule has 0 radical (unpaired) electrons. The molecule has 1 saturated heterocycles. The van der Waals surface area contributed by atoms with E-state index in [2.05, 4.69) is 29.5 Å². The second kappa shape index (κ2) is 10.9. The molecule has 0 aromatic heterocycles. The first-order chi connectivity index (χ1) is 11.7. The highest BCUT2D eigenvalue weighted by molar-refractivity contribution is 5.79. The van der Waals surface area contributed by atoms with Crippen LogP contribution in [0.25, 0.3) is 0 Å². The number of nitrogens with zero attached hydrogens (tertiary/aromatic N) is 1. The Balaban J connectivity index is 1.53. The molecule has 140 valence electrons. The Morgan fingerprint density at radius 2 is 1.83 bits per heavy atom. The van der Waals surface area contributed by atoms with Crippen LogP contribution in [0.4, 0.5) is 0 Å². The van der Waals surface area contributed by atoms with Gasteiger partial charge in [-0.1, -0.05) is 13.8 Å². The minimum Gasteiger partial charge on any atom is -0.381 e. The largest absolute Gasteiger partial charge is 0.381 e. The van der Waals surface area contributed by atoms with E-state index >= 15 is 0 Å². The van der Waals surface area contributed by atoms with Gasteiger partial charge in [-0.25, -0.2) is 0 Å². The predicted octanol–water partition coefficient (Wildman–Crippen LogP) is 2.81. The normalized spacial score (nSPS) is 29.5. The maximum absolute atomic E-state index is 5.81. The SMILES string of the molecule is CN=C(NCCCOCC1CCOCC1)NC1CC(C)CC(C)C1. The van der Waals surface area contributed by atoms with Gasteiger partial charge in [0.25, 0.3) is 0 Å². The third kappa shape index (κ3) is 7.39. The molecule has 1 aliphatic carbocycles. The zero-order valence-electron chi connectivity index (χ0n) is 15.9. The first-order valence-corrected chi connectivity index (χ1v) is 9.80. The number of rotatable bonds is 7. The van der Waals surface area contributed by atoms with E-state index in [9.17, 15) is 0 Å². The van der Waals surface area contributed by atoms with E-state index in [1.54, 1.807) is 0 Å². The average Bonchev–Trinajstić information content (AvgIpc) is 2.57. The van der Waals surface area contributed by atoms with Crippen LogP contribution in [0, 0.1) is 17.8 Å². The summed E-state index contributed by atoms with van der Waals surface area (Å²) >= 11 is 0. The Morgan fingerprint density at radius 1 is 1.12 bits per heavy atom. The van der Waals surface area contributed by atoms with E-state index in [-0.39, 0.29) is 0 Å². The molecule has 1 heterocycles. The van der Waals surface area contributed by atoms with E-state index in [1.807, 2.05) is 7.05 Å². The third-order valence-corrected chi connectivity index (χ3v) is 5.20. The molecule has 2 rings (SSSR count). The molecule has 24 heavy (non-hydrogen) atoms. The molecule has 0 aromatic rings. The van der Waals surface area contributed by atoms with E-state index in [0.717, 1.165) is 70.0 Å². The van der Waals surface area contributed by atoms with Gasteiger partial charge in [0.15, 0.2) is 5.96 Å². The molecule has 2 N–H and O–H groups in total. The lowest BCUT2D eigenvalue weighted by Gasteiger charge is -2.32. The van der Waals surface area contributed by atoms with Gasteiger partial charge in [-0.15, -0.1) is 0 Å². The van der Waals surface area contributed by atoms with Crippen molar-refractivity contribution in [3.63, 3.8) is 0 Å². The highest BCUT2D eigenvalue weighted by atomic mass is 16.5. The van der Waals surface area contributed by atoms with Crippen molar-refractivity contribution in [2.45, 2.75) is 58.4 Å². The van der Waals surface area contributed by atoms with Crippen LogP contribution in [0.15, 0.2) is 4.99 Å². The Kier molecular flexibility index (Phi) is 8.89. The fourth-order valence-corrected chi connectivity index (χ4v) is 4.00. The number of nitrogens with one attached hydrogen (secondary N) is 2. The molecule has 1 saturated carbocycles. The topological polar surface area (TPSA) is 54.9 Å². The second-order valence-corrected chi connectivity index (χ2v) is 7.74. The van der Waals surface area contributed by atoms with Crippen LogP contribution < -0.4 is 10.6 Å². The van der Waals surface area contributed by atoms with Crippen molar-refractivity contribution in [2.24, 2.45) is 22.7 Å². The summed E-state index contributed by atoms with van der Waals surface area (Å²) in [6.45, 7) is 9.12. The standard InChI is InChI=1S/C19H37N3O2/c1-15-11-16(2)13-18(12-15)22-19(20-3)21-7-4-8-24-14-17-5-9-23-10-6-17/h15-18H,4-14H2,1-3H3,(H2,20,21,22). The molecule has 1 aliphatic heterocycles. The number of ether oxygens (including phenoxy) is 2. The first-order valence-electron chi connectivity index (χ1n) is 9.80. The maximum Gasteiger partial charge on any atom is 0.191 e. The van der Waals surface area contributed by atoms with Crippen molar-refractivity contribution in [2.75, 3.05) is 40.0 Å². The van der Waals surface area contributed by atoms with E-state index in [0.29, 0.717) is 12.0 Å². The summed E-state index contributed by atoms with van der Waals surface area (Å²) in [4.78, 5) is 4.36. The summed E-state index contributed by atoms with van der Waals surface area (Å²) in [5.74, 6) is 3.24. The van der Waals surface area contributed by atoms with Gasteiger partial charge in [0.1, 0.15) is 0 Å². The van der Waals surface area contributed by atoms with Gasteiger partial charge in [0.2, 0.25) is 0 Å². The number of hydrogen-bond donors (Lipinski definition) is 2. The van der Waals surface area contributed by atoms with Gasteiger partial charge in [-0.05, 0) is 56.3 Å². The van der Waals surface area contributed by atoms with Gasteiger partial charge in [-0.3, -0.25) is 4.99 Å². The predicted molar refractivity (Wildman–Crippen MR) is 99.4 cm³/mol. The Bertz CT molecular complexity index is 360. The molecule has 0 aromatic carbocycles. The van der Waals surface area contributed by atoms with Crippen molar-refractivity contribution in [3.8, 4) is 0 Å². The van der Waals surface area contributed by atoms with Crippen LogP contribution in [-0.4, -0.2) is 52.0 Å². The van der Waals surface area contributed by atoms with Crippen molar-refractivity contribution < 1.29 is 9.47 Å². The van der Waals surface area contributed by atoms with Crippen LogP contribution in [0.5, 0.6) is 0 Å². The number of hydrogen-bond acceptors (Lipinski definition) is 3. The molecule has 2 fully saturated rings. The van der Waals surface area contributed by atoms with Crippen LogP contribution in [0.1, 0.15) is 52.4 Å². The molecule has 0 bridgehead atoms. The zero-order valence-corrected chi connectivity index (χ0v) is 15.9. The molecule has 5 heteroatoms. The summed E-state index contributed by atoms with van der Waals surface area (Å²) in [6.07, 6.45) is 7.16. The fourth-order valence-electron chi connectivity index (χ4n) is 4.00. The summed E-state index contributed by atoms with van der Waals surface area (Å²) < 4.78 is 11.2. The molecular weight excluding hydrogens is 302 g/mol. The molecule has 0 spiro atoms. The summed E-state index contributed by atoms with van der Waals surface area (Å²) in [7, 11) is 1.85. The zero-order chi connectivity index (χ0) is 17.2. The quantitative estimate of drug-likeness (QED) is 0.425. The summed E-state index contributed by atoms with van der Waals surface area (Å²) in [6, 6.07) is 0.555. The van der Waals surface area contributed by atoms with Crippen LogP contribution in [-0.2, 0) is 9.47 Å². The monoisotopic (exact) mass is 339 g/mol. The molecule has 5 nitrogen and oxygen atoms in total. The summed E-state index contributed by atoms with van der Waals surface area (Å²) in [5, 5.41) is 7.02. The lowest BCUT2D eigenvalue weighted by atomic mass is 9.80. The highest BCUT2D eigenvalue weighted by Gasteiger charge is 2.24. The molecule has 2 aliphatic rings. The minimum absolute atomic E-state index is 0.555. The Labute approximate surface area is 148 Å². The van der Waals surface area contributed by atoms with Crippen LogP contribution in [0.3, 0.4) is 0 Å². The fraction of sp³-hybridized carbons (Fsp3) is 0.947.